The fourth-order valence-electron chi connectivity index (χ4n) is 1.95. The van der Waals surface area contributed by atoms with Crippen molar-refractivity contribution < 1.29 is 4.52 Å². The van der Waals surface area contributed by atoms with E-state index in [1.165, 1.54) is 12.8 Å². The highest BCUT2D eigenvalue weighted by Gasteiger charge is 2.30. The van der Waals surface area contributed by atoms with Gasteiger partial charge in [0.25, 0.3) is 5.71 Å². The minimum absolute atomic E-state index is 0.530. The lowest BCUT2D eigenvalue weighted by atomic mass is 10.1. The molecular formula is C11H14N4O. The molecule has 1 saturated carbocycles. The third-order valence-corrected chi connectivity index (χ3v) is 3.01. The van der Waals surface area contributed by atoms with E-state index in [0.717, 1.165) is 28.9 Å². The van der Waals surface area contributed by atoms with Crippen LogP contribution in [0.2, 0.25) is 0 Å². The van der Waals surface area contributed by atoms with Gasteiger partial charge in [0.05, 0.1) is 16.8 Å². The quantitative estimate of drug-likeness (QED) is 0.608. The number of nitrogens with two attached hydrogens (primary N) is 1. The largest absolute Gasteiger partial charge is 0.335 e. The Labute approximate surface area is 93.0 Å². The Morgan fingerprint density at radius 2 is 2.38 bits per heavy atom. The minimum Gasteiger partial charge on any atom is -0.335 e. The zero-order valence-electron chi connectivity index (χ0n) is 9.16. The van der Waals surface area contributed by atoms with E-state index in [-0.39, 0.29) is 0 Å². The maximum atomic E-state index is 5.54. The Morgan fingerprint density at radius 3 is 3.00 bits per heavy atom. The average molecular weight is 218 g/mol. The summed E-state index contributed by atoms with van der Waals surface area (Å²) < 4.78 is 5.28. The Morgan fingerprint density at radius 1 is 1.56 bits per heavy atom. The molecule has 2 aromatic heterocycles. The Bertz CT molecular complexity index is 530. The van der Waals surface area contributed by atoms with Crippen LogP contribution in [-0.2, 0) is 6.42 Å². The Hall–Kier alpha value is -1.62. The molecule has 1 fully saturated rings. The number of hydrazine groups is 1. The number of aromatic nitrogens is 2. The molecule has 1 aliphatic rings. The molecule has 5 nitrogen and oxygen atoms in total. The predicted molar refractivity (Wildman–Crippen MR) is 61.0 cm³/mol. The van der Waals surface area contributed by atoms with Crippen LogP contribution in [0.3, 0.4) is 0 Å². The highest BCUT2D eigenvalue weighted by Crippen LogP contribution is 2.44. The lowest BCUT2D eigenvalue weighted by Crippen LogP contribution is -2.08. The van der Waals surface area contributed by atoms with Crippen molar-refractivity contribution in [2.75, 3.05) is 5.43 Å². The van der Waals surface area contributed by atoms with Gasteiger partial charge in [-0.3, -0.25) is 5.84 Å². The van der Waals surface area contributed by atoms with Gasteiger partial charge in [-0.05, 0) is 25.3 Å². The Balaban J connectivity index is 2.24. The van der Waals surface area contributed by atoms with Gasteiger partial charge in [0.2, 0.25) is 0 Å². The molecular weight excluding hydrogens is 204 g/mol. The number of rotatable bonds is 3. The van der Waals surface area contributed by atoms with Gasteiger partial charge in [0.15, 0.2) is 0 Å². The monoisotopic (exact) mass is 218 g/mol. The summed E-state index contributed by atoms with van der Waals surface area (Å²) in [5, 5.41) is 5.05. The van der Waals surface area contributed by atoms with Crippen LogP contribution < -0.4 is 11.3 Å². The first-order chi connectivity index (χ1) is 7.83. The average Bonchev–Trinajstić information content (AvgIpc) is 3.08. The van der Waals surface area contributed by atoms with E-state index in [2.05, 4.69) is 15.6 Å². The van der Waals surface area contributed by atoms with E-state index in [1.54, 1.807) is 0 Å². The molecule has 0 aliphatic heterocycles. The summed E-state index contributed by atoms with van der Waals surface area (Å²) in [6, 6.07) is 1.96. The highest BCUT2D eigenvalue weighted by molar-refractivity contribution is 5.90. The van der Waals surface area contributed by atoms with Crippen LogP contribution in [-0.4, -0.2) is 10.1 Å². The summed E-state index contributed by atoms with van der Waals surface area (Å²) in [7, 11) is 0. The van der Waals surface area contributed by atoms with E-state index >= 15 is 0 Å². The standard InChI is InChI=1S/C11H14N4O/c1-2-7-5-8(14-12)9-10(6-3-4-6)15-16-11(9)13-7/h5-6H,2-4,12H2,1H3,(H,13,14). The number of nitrogen functional groups attached to an aromatic ring is 1. The molecule has 3 rings (SSSR count). The second-order valence-electron chi connectivity index (χ2n) is 4.18. The number of nitrogens with zero attached hydrogens (tertiary/aromatic N) is 2. The van der Waals surface area contributed by atoms with Gasteiger partial charge in [0, 0.05) is 11.6 Å². The maximum Gasteiger partial charge on any atom is 0.260 e. The summed E-state index contributed by atoms with van der Waals surface area (Å²) in [4.78, 5) is 4.41. The van der Waals surface area contributed by atoms with E-state index in [1.807, 2.05) is 13.0 Å². The molecule has 2 heterocycles. The van der Waals surface area contributed by atoms with Crippen molar-refractivity contribution in [3.05, 3.63) is 17.5 Å². The normalized spacial score (nSPS) is 15.6. The summed E-state index contributed by atoms with van der Waals surface area (Å²) >= 11 is 0. The van der Waals surface area contributed by atoms with Crippen molar-refractivity contribution in [2.24, 2.45) is 5.84 Å². The van der Waals surface area contributed by atoms with Crippen LogP contribution in [0.5, 0.6) is 0 Å². The molecule has 0 amide bonds. The summed E-state index contributed by atoms with van der Waals surface area (Å²) in [5.74, 6) is 6.07. The smallest absolute Gasteiger partial charge is 0.260 e. The molecule has 0 saturated heterocycles. The van der Waals surface area contributed by atoms with Crippen LogP contribution >= 0.6 is 0 Å². The zero-order valence-corrected chi connectivity index (χ0v) is 9.16. The van der Waals surface area contributed by atoms with Gasteiger partial charge >= 0.3 is 0 Å². The first-order valence-electron chi connectivity index (χ1n) is 5.59. The van der Waals surface area contributed by atoms with Crippen LogP contribution in [0, 0.1) is 0 Å². The third kappa shape index (κ3) is 1.36. The molecule has 2 aromatic rings. The first-order valence-corrected chi connectivity index (χ1v) is 5.59. The molecule has 3 N–H and O–H groups in total. The number of hydrogen-bond acceptors (Lipinski definition) is 5. The van der Waals surface area contributed by atoms with Crippen LogP contribution in [0.1, 0.15) is 37.1 Å². The highest BCUT2D eigenvalue weighted by atomic mass is 16.5. The second-order valence-corrected chi connectivity index (χ2v) is 4.18. The maximum absolute atomic E-state index is 5.54. The number of aryl methyl sites for hydroxylation is 1. The van der Waals surface area contributed by atoms with Crippen molar-refractivity contribution in [3.63, 3.8) is 0 Å². The summed E-state index contributed by atoms with van der Waals surface area (Å²) in [6.45, 7) is 2.05. The molecule has 5 heteroatoms. The number of hydrogen-bond donors (Lipinski definition) is 2. The van der Waals surface area contributed by atoms with Crippen molar-refractivity contribution in [3.8, 4) is 0 Å². The van der Waals surface area contributed by atoms with Crippen molar-refractivity contribution >= 4 is 16.8 Å². The number of anilines is 1. The molecule has 1 aliphatic carbocycles. The molecule has 16 heavy (non-hydrogen) atoms. The van der Waals surface area contributed by atoms with Crippen molar-refractivity contribution in [2.45, 2.75) is 32.1 Å². The lowest BCUT2D eigenvalue weighted by Gasteiger charge is -2.04. The van der Waals surface area contributed by atoms with Crippen LogP contribution in [0.4, 0.5) is 5.69 Å². The molecule has 0 aromatic carbocycles. The van der Waals surface area contributed by atoms with Gasteiger partial charge < -0.3 is 9.95 Å². The van der Waals surface area contributed by atoms with E-state index in [9.17, 15) is 0 Å². The molecule has 0 spiro atoms. The van der Waals surface area contributed by atoms with E-state index in [4.69, 9.17) is 10.4 Å². The fourth-order valence-corrected chi connectivity index (χ4v) is 1.95. The first kappa shape index (κ1) is 9.59. The van der Waals surface area contributed by atoms with Gasteiger partial charge in [-0.25, -0.2) is 4.98 Å². The van der Waals surface area contributed by atoms with Gasteiger partial charge in [0.1, 0.15) is 0 Å². The number of fused-ring (bicyclic) bond motifs is 1. The van der Waals surface area contributed by atoms with Crippen LogP contribution in [0.25, 0.3) is 11.1 Å². The fraction of sp³-hybridized carbons (Fsp3) is 0.455. The number of nitrogens with one attached hydrogen (secondary N) is 1. The molecule has 0 bridgehead atoms. The van der Waals surface area contributed by atoms with Crippen LogP contribution in [0.15, 0.2) is 10.6 Å². The third-order valence-electron chi connectivity index (χ3n) is 3.01. The molecule has 0 atom stereocenters. The van der Waals surface area contributed by atoms with E-state index < -0.39 is 0 Å². The van der Waals surface area contributed by atoms with Gasteiger partial charge in [-0.15, -0.1) is 0 Å². The van der Waals surface area contributed by atoms with Crippen molar-refractivity contribution in [1.29, 1.82) is 0 Å². The topological polar surface area (TPSA) is 77.0 Å². The molecule has 0 radical (unpaired) electrons. The zero-order chi connectivity index (χ0) is 11.1. The second kappa shape index (κ2) is 3.45. The van der Waals surface area contributed by atoms with Crippen molar-refractivity contribution in [1.82, 2.24) is 10.1 Å². The summed E-state index contributed by atoms with van der Waals surface area (Å²) in [5.41, 5.74) is 6.13. The molecule has 84 valence electrons. The predicted octanol–water partition coefficient (Wildman–Crippen LogP) is 1.95. The molecule has 0 unspecified atom stereocenters. The SMILES string of the molecule is CCc1cc(NN)c2c(C3CC3)noc2n1. The lowest BCUT2D eigenvalue weighted by molar-refractivity contribution is 0.438. The van der Waals surface area contributed by atoms with Gasteiger partial charge in [-0.2, -0.15) is 0 Å². The Kier molecular flexibility index (Phi) is 2.07. The van der Waals surface area contributed by atoms with E-state index in [0.29, 0.717) is 11.6 Å². The number of pyridine rings is 1. The van der Waals surface area contributed by atoms with Gasteiger partial charge in [-0.1, -0.05) is 12.1 Å². The minimum atomic E-state index is 0.530. The summed E-state index contributed by atoms with van der Waals surface area (Å²) in [6.07, 6.45) is 3.21.